The highest BCUT2D eigenvalue weighted by atomic mass is 79.9. The number of hydrogen-bond acceptors (Lipinski definition) is 3. The number of nitrogens with zero attached hydrogens (tertiary/aromatic N) is 1. The quantitative estimate of drug-likeness (QED) is 0.491. The maximum Gasteiger partial charge on any atom is 0.264 e. The SMILES string of the molecule is O=C(C=Cc1ccc(Br)cc1)Nc1ccc(S(=O)(=O)N2CCCc3ccccc32)cc1. The van der Waals surface area contributed by atoms with Crippen LogP contribution in [0.15, 0.2) is 88.2 Å². The molecule has 0 spiro atoms. The summed E-state index contributed by atoms with van der Waals surface area (Å²) in [4.78, 5) is 12.4. The maximum atomic E-state index is 13.2. The number of amides is 1. The number of sulfonamides is 1. The summed E-state index contributed by atoms with van der Waals surface area (Å²) in [5.74, 6) is -0.288. The van der Waals surface area contributed by atoms with Crippen LogP contribution >= 0.6 is 15.9 Å². The third kappa shape index (κ3) is 4.89. The summed E-state index contributed by atoms with van der Waals surface area (Å²) in [6.45, 7) is 0.457. The number of benzene rings is 3. The van der Waals surface area contributed by atoms with Crippen molar-refractivity contribution in [2.75, 3.05) is 16.2 Å². The van der Waals surface area contributed by atoms with Crippen molar-refractivity contribution in [3.63, 3.8) is 0 Å². The lowest BCUT2D eigenvalue weighted by molar-refractivity contribution is -0.111. The Balaban J connectivity index is 1.47. The molecule has 1 heterocycles. The van der Waals surface area contributed by atoms with Crippen molar-refractivity contribution in [3.8, 4) is 0 Å². The van der Waals surface area contributed by atoms with Crippen LogP contribution < -0.4 is 9.62 Å². The lowest BCUT2D eigenvalue weighted by Gasteiger charge is -2.30. The average Bonchev–Trinajstić information content (AvgIpc) is 2.78. The van der Waals surface area contributed by atoms with Gasteiger partial charge in [-0.05, 0) is 72.5 Å². The Kier molecular flexibility index (Phi) is 6.25. The molecule has 31 heavy (non-hydrogen) atoms. The topological polar surface area (TPSA) is 66.5 Å². The zero-order valence-corrected chi connectivity index (χ0v) is 19.1. The van der Waals surface area contributed by atoms with Gasteiger partial charge in [-0.25, -0.2) is 8.42 Å². The van der Waals surface area contributed by atoms with Crippen LogP contribution in [0.2, 0.25) is 0 Å². The van der Waals surface area contributed by atoms with Crippen LogP contribution in [0.1, 0.15) is 17.5 Å². The Hall–Kier alpha value is -2.90. The van der Waals surface area contributed by atoms with E-state index >= 15 is 0 Å². The van der Waals surface area contributed by atoms with Crippen molar-refractivity contribution in [2.24, 2.45) is 0 Å². The number of hydrogen-bond donors (Lipinski definition) is 1. The standard InChI is InChI=1S/C24H21BrN2O3S/c25-20-10-7-18(8-11-20)9-16-24(28)26-21-12-14-22(15-13-21)31(29,30)27-17-3-5-19-4-1-2-6-23(19)27/h1-2,4,6-16H,3,5,17H2,(H,26,28). The minimum Gasteiger partial charge on any atom is -0.323 e. The summed E-state index contributed by atoms with van der Waals surface area (Å²) in [7, 11) is -3.67. The fourth-order valence-electron chi connectivity index (χ4n) is 3.52. The molecule has 0 fully saturated rings. The van der Waals surface area contributed by atoms with Gasteiger partial charge >= 0.3 is 0 Å². The molecule has 1 N–H and O–H groups in total. The second-order valence-corrected chi connectivity index (χ2v) is 9.99. The molecule has 1 aliphatic heterocycles. The summed E-state index contributed by atoms with van der Waals surface area (Å²) in [6, 6.07) is 21.5. The van der Waals surface area contributed by atoms with Gasteiger partial charge in [0, 0.05) is 22.8 Å². The second kappa shape index (κ2) is 9.08. The molecule has 5 nitrogen and oxygen atoms in total. The minimum absolute atomic E-state index is 0.201. The number of carbonyl (C=O) groups excluding carboxylic acids is 1. The summed E-state index contributed by atoms with van der Waals surface area (Å²) in [5, 5.41) is 2.75. The van der Waals surface area contributed by atoms with Gasteiger partial charge in [-0.2, -0.15) is 0 Å². The smallest absolute Gasteiger partial charge is 0.264 e. The molecule has 3 aromatic carbocycles. The lowest BCUT2D eigenvalue weighted by Crippen LogP contribution is -2.35. The van der Waals surface area contributed by atoms with Gasteiger partial charge in [-0.3, -0.25) is 9.10 Å². The van der Waals surface area contributed by atoms with Crippen molar-refractivity contribution < 1.29 is 13.2 Å². The zero-order valence-electron chi connectivity index (χ0n) is 16.7. The number of carbonyl (C=O) groups is 1. The number of aryl methyl sites for hydroxylation is 1. The van der Waals surface area contributed by atoms with Gasteiger partial charge in [0.2, 0.25) is 5.91 Å². The molecule has 0 radical (unpaired) electrons. The molecular weight excluding hydrogens is 476 g/mol. The Morgan fingerprint density at radius 2 is 1.68 bits per heavy atom. The molecule has 0 bridgehead atoms. The van der Waals surface area contributed by atoms with Crippen molar-refractivity contribution >= 4 is 49.3 Å². The van der Waals surface area contributed by atoms with E-state index < -0.39 is 10.0 Å². The van der Waals surface area contributed by atoms with E-state index in [9.17, 15) is 13.2 Å². The number of para-hydroxylation sites is 1. The summed E-state index contributed by atoms with van der Waals surface area (Å²) in [6.07, 6.45) is 4.82. The van der Waals surface area contributed by atoms with Crippen LogP contribution in [0.5, 0.6) is 0 Å². The molecule has 158 valence electrons. The van der Waals surface area contributed by atoms with Gasteiger partial charge in [0.25, 0.3) is 10.0 Å². The normalized spacial score (nSPS) is 13.8. The van der Waals surface area contributed by atoms with E-state index in [1.165, 1.54) is 22.5 Å². The predicted octanol–water partition coefficient (Wildman–Crippen LogP) is 5.24. The van der Waals surface area contributed by atoms with E-state index in [4.69, 9.17) is 0 Å². The number of fused-ring (bicyclic) bond motifs is 1. The fraction of sp³-hybridized carbons (Fsp3) is 0.125. The third-order valence-corrected chi connectivity index (χ3v) is 7.43. The molecule has 0 aliphatic carbocycles. The molecule has 0 saturated heterocycles. The van der Waals surface area contributed by atoms with Crippen molar-refractivity contribution in [1.82, 2.24) is 0 Å². The van der Waals surface area contributed by atoms with Gasteiger partial charge < -0.3 is 5.32 Å². The van der Waals surface area contributed by atoms with E-state index in [1.807, 2.05) is 48.5 Å². The maximum absolute atomic E-state index is 13.2. The van der Waals surface area contributed by atoms with Gasteiger partial charge in [0.05, 0.1) is 10.6 Å². The number of halogens is 1. The molecule has 3 aromatic rings. The Morgan fingerprint density at radius 1 is 0.968 bits per heavy atom. The molecule has 0 atom stereocenters. The third-order valence-electron chi connectivity index (χ3n) is 5.07. The van der Waals surface area contributed by atoms with E-state index in [-0.39, 0.29) is 10.8 Å². The lowest BCUT2D eigenvalue weighted by atomic mass is 10.0. The van der Waals surface area contributed by atoms with Crippen LogP contribution in [0, 0.1) is 0 Å². The van der Waals surface area contributed by atoms with Crippen molar-refractivity contribution in [1.29, 1.82) is 0 Å². The van der Waals surface area contributed by atoms with E-state index in [0.29, 0.717) is 12.2 Å². The minimum atomic E-state index is -3.67. The van der Waals surface area contributed by atoms with Crippen LogP contribution in [-0.4, -0.2) is 20.9 Å². The fourth-order valence-corrected chi connectivity index (χ4v) is 5.32. The van der Waals surface area contributed by atoms with Crippen molar-refractivity contribution in [3.05, 3.63) is 94.5 Å². The molecule has 0 aromatic heterocycles. The average molecular weight is 497 g/mol. The zero-order chi connectivity index (χ0) is 21.8. The summed E-state index contributed by atoms with van der Waals surface area (Å²) in [5.41, 5.74) is 3.22. The first kappa shape index (κ1) is 21.3. The van der Waals surface area contributed by atoms with Crippen molar-refractivity contribution in [2.45, 2.75) is 17.7 Å². The monoisotopic (exact) mass is 496 g/mol. The van der Waals surface area contributed by atoms with Gasteiger partial charge in [0.1, 0.15) is 0 Å². The Labute approximate surface area is 190 Å². The molecule has 1 aliphatic rings. The highest BCUT2D eigenvalue weighted by Crippen LogP contribution is 2.32. The first-order valence-electron chi connectivity index (χ1n) is 9.89. The van der Waals surface area contributed by atoms with Gasteiger partial charge in [0.15, 0.2) is 0 Å². The Bertz CT molecular complexity index is 1220. The molecule has 0 saturated carbocycles. The first-order chi connectivity index (χ1) is 14.9. The van der Waals surface area contributed by atoms with E-state index in [2.05, 4.69) is 21.2 Å². The van der Waals surface area contributed by atoms with Gasteiger partial charge in [-0.15, -0.1) is 0 Å². The van der Waals surface area contributed by atoms with Crippen LogP contribution in [0.25, 0.3) is 6.08 Å². The highest BCUT2D eigenvalue weighted by Gasteiger charge is 2.28. The van der Waals surface area contributed by atoms with Gasteiger partial charge in [-0.1, -0.05) is 46.3 Å². The first-order valence-corrected chi connectivity index (χ1v) is 12.1. The van der Waals surface area contributed by atoms with E-state index in [1.54, 1.807) is 18.2 Å². The molecule has 7 heteroatoms. The summed E-state index contributed by atoms with van der Waals surface area (Å²) < 4.78 is 28.8. The molecule has 1 amide bonds. The van der Waals surface area contributed by atoms with E-state index in [0.717, 1.165) is 34.1 Å². The van der Waals surface area contributed by atoms with Crippen LogP contribution in [-0.2, 0) is 21.2 Å². The number of nitrogens with one attached hydrogen (secondary N) is 1. The molecule has 4 rings (SSSR count). The van der Waals surface area contributed by atoms with Crippen LogP contribution in [0.4, 0.5) is 11.4 Å². The molecule has 0 unspecified atom stereocenters. The number of anilines is 2. The second-order valence-electron chi connectivity index (χ2n) is 7.21. The summed E-state index contributed by atoms with van der Waals surface area (Å²) >= 11 is 3.37. The Morgan fingerprint density at radius 3 is 2.42 bits per heavy atom. The van der Waals surface area contributed by atoms with Crippen LogP contribution in [0.3, 0.4) is 0 Å². The number of rotatable bonds is 5. The predicted molar refractivity (Wildman–Crippen MR) is 128 cm³/mol. The highest BCUT2D eigenvalue weighted by molar-refractivity contribution is 9.10. The molecular formula is C24H21BrN2O3S. The largest absolute Gasteiger partial charge is 0.323 e.